The van der Waals surface area contributed by atoms with Crippen molar-refractivity contribution in [2.75, 3.05) is 20.1 Å². The molecule has 2 aromatic rings. The van der Waals surface area contributed by atoms with E-state index in [1.165, 1.54) is 5.56 Å². The van der Waals surface area contributed by atoms with Crippen LogP contribution >= 0.6 is 24.0 Å². The van der Waals surface area contributed by atoms with E-state index in [2.05, 4.69) is 81.8 Å². The van der Waals surface area contributed by atoms with E-state index in [-0.39, 0.29) is 29.9 Å². The SMILES string of the molecule is CN=C(NCCc1nc(C(C)C)no1)NC1CCN(Cc2ccccc2)C(C)C1.I. The van der Waals surface area contributed by atoms with Gasteiger partial charge in [0.05, 0.1) is 0 Å². The van der Waals surface area contributed by atoms with E-state index in [9.17, 15) is 0 Å². The first-order chi connectivity index (χ1) is 14.0. The zero-order chi connectivity index (χ0) is 20.6. The van der Waals surface area contributed by atoms with Gasteiger partial charge in [0.2, 0.25) is 5.89 Å². The van der Waals surface area contributed by atoms with E-state index < -0.39 is 0 Å². The van der Waals surface area contributed by atoms with Crippen molar-refractivity contribution in [3.63, 3.8) is 0 Å². The minimum atomic E-state index is 0. The Bertz CT molecular complexity index is 779. The van der Waals surface area contributed by atoms with Crippen molar-refractivity contribution in [3.05, 3.63) is 47.6 Å². The Labute approximate surface area is 197 Å². The molecule has 8 heteroatoms. The summed E-state index contributed by atoms with van der Waals surface area (Å²) in [7, 11) is 1.81. The number of nitrogens with zero attached hydrogens (tertiary/aromatic N) is 4. The minimum absolute atomic E-state index is 0. The number of hydrogen-bond acceptors (Lipinski definition) is 5. The second-order valence-electron chi connectivity index (χ2n) is 8.12. The fourth-order valence-electron chi connectivity index (χ4n) is 3.68. The number of piperidine rings is 1. The third-order valence-electron chi connectivity index (χ3n) is 5.44. The molecule has 0 aliphatic carbocycles. The van der Waals surface area contributed by atoms with Gasteiger partial charge in [0, 0.05) is 51.1 Å². The largest absolute Gasteiger partial charge is 0.356 e. The van der Waals surface area contributed by atoms with Crippen LogP contribution < -0.4 is 10.6 Å². The van der Waals surface area contributed by atoms with Crippen LogP contribution in [0.25, 0.3) is 0 Å². The summed E-state index contributed by atoms with van der Waals surface area (Å²) in [4.78, 5) is 11.4. The lowest BCUT2D eigenvalue weighted by atomic mass is 9.97. The van der Waals surface area contributed by atoms with E-state index in [0.717, 1.165) is 37.7 Å². The minimum Gasteiger partial charge on any atom is -0.356 e. The monoisotopic (exact) mass is 526 g/mol. The highest BCUT2D eigenvalue weighted by Crippen LogP contribution is 2.20. The number of rotatable bonds is 7. The van der Waals surface area contributed by atoms with Crippen molar-refractivity contribution in [2.24, 2.45) is 4.99 Å². The van der Waals surface area contributed by atoms with Crippen LogP contribution in [-0.2, 0) is 13.0 Å². The molecular weight excluding hydrogens is 491 g/mol. The van der Waals surface area contributed by atoms with Gasteiger partial charge in [-0.05, 0) is 25.3 Å². The van der Waals surface area contributed by atoms with Gasteiger partial charge in [-0.25, -0.2) is 0 Å². The number of likely N-dealkylation sites (tertiary alicyclic amines) is 1. The van der Waals surface area contributed by atoms with E-state index in [1.54, 1.807) is 0 Å². The third-order valence-corrected chi connectivity index (χ3v) is 5.44. The highest BCUT2D eigenvalue weighted by Gasteiger charge is 2.26. The average Bonchev–Trinajstić information content (AvgIpc) is 3.19. The molecule has 0 radical (unpaired) electrons. The number of benzene rings is 1. The summed E-state index contributed by atoms with van der Waals surface area (Å²) in [6.07, 6.45) is 2.90. The first-order valence-corrected chi connectivity index (χ1v) is 10.6. The average molecular weight is 526 g/mol. The van der Waals surface area contributed by atoms with Gasteiger partial charge in [0.25, 0.3) is 0 Å². The fraction of sp³-hybridized carbons (Fsp3) is 0.591. The molecule has 1 aromatic carbocycles. The number of aromatic nitrogens is 2. The summed E-state index contributed by atoms with van der Waals surface area (Å²) in [6.45, 7) is 9.25. The molecule has 0 spiro atoms. The molecule has 0 amide bonds. The standard InChI is InChI=1S/C22H34N6O.HI/c1-16(2)21-26-20(29-27-21)10-12-24-22(23-4)25-19-11-13-28(17(3)14-19)15-18-8-6-5-7-9-18;/h5-9,16-17,19H,10-15H2,1-4H3,(H2,23,24,25);1H. The molecule has 2 N–H and O–H groups in total. The predicted molar refractivity (Wildman–Crippen MR) is 131 cm³/mol. The van der Waals surface area contributed by atoms with Gasteiger partial charge in [0.15, 0.2) is 11.8 Å². The Hall–Kier alpha value is -1.68. The van der Waals surface area contributed by atoms with Gasteiger partial charge in [-0.2, -0.15) is 4.98 Å². The smallest absolute Gasteiger partial charge is 0.228 e. The van der Waals surface area contributed by atoms with Crippen molar-refractivity contribution in [2.45, 2.75) is 64.6 Å². The lowest BCUT2D eigenvalue weighted by Crippen LogP contribution is -2.51. The summed E-state index contributed by atoms with van der Waals surface area (Å²) < 4.78 is 5.30. The molecule has 0 saturated carbocycles. The molecule has 2 unspecified atom stereocenters. The molecule has 1 fully saturated rings. The molecule has 1 aromatic heterocycles. The number of aliphatic imine (C=N–C) groups is 1. The lowest BCUT2D eigenvalue weighted by molar-refractivity contribution is 0.134. The molecule has 3 rings (SSSR count). The normalized spacial score (nSPS) is 20.1. The number of hydrogen-bond donors (Lipinski definition) is 2. The Kier molecular flexibility index (Phi) is 10.0. The Morgan fingerprint density at radius 2 is 2.07 bits per heavy atom. The van der Waals surface area contributed by atoms with Crippen LogP contribution in [0, 0.1) is 0 Å². The predicted octanol–water partition coefficient (Wildman–Crippen LogP) is 3.57. The van der Waals surface area contributed by atoms with Crippen molar-refractivity contribution in [1.29, 1.82) is 0 Å². The summed E-state index contributed by atoms with van der Waals surface area (Å²) in [5.74, 6) is 2.55. The van der Waals surface area contributed by atoms with Crippen LogP contribution in [0.2, 0.25) is 0 Å². The zero-order valence-corrected chi connectivity index (χ0v) is 20.8. The Morgan fingerprint density at radius 3 is 2.70 bits per heavy atom. The van der Waals surface area contributed by atoms with Gasteiger partial charge in [-0.15, -0.1) is 24.0 Å². The number of halogens is 1. The topological polar surface area (TPSA) is 78.6 Å². The Balaban J connectivity index is 0.00000320. The van der Waals surface area contributed by atoms with E-state index in [1.807, 2.05) is 7.05 Å². The second-order valence-corrected chi connectivity index (χ2v) is 8.12. The fourth-order valence-corrected chi connectivity index (χ4v) is 3.68. The van der Waals surface area contributed by atoms with E-state index >= 15 is 0 Å². The van der Waals surface area contributed by atoms with Gasteiger partial charge in [0.1, 0.15) is 0 Å². The van der Waals surface area contributed by atoms with Crippen LogP contribution in [0.5, 0.6) is 0 Å². The van der Waals surface area contributed by atoms with Crippen molar-refractivity contribution >= 4 is 29.9 Å². The van der Waals surface area contributed by atoms with Gasteiger partial charge < -0.3 is 15.2 Å². The quantitative estimate of drug-likeness (QED) is 0.327. The zero-order valence-electron chi connectivity index (χ0n) is 18.5. The molecule has 166 valence electrons. The van der Waals surface area contributed by atoms with Gasteiger partial charge in [-0.1, -0.05) is 49.3 Å². The number of guanidine groups is 1. The molecule has 7 nitrogen and oxygen atoms in total. The van der Waals surface area contributed by atoms with Crippen molar-refractivity contribution in [3.8, 4) is 0 Å². The van der Waals surface area contributed by atoms with E-state index in [4.69, 9.17) is 4.52 Å². The third kappa shape index (κ3) is 7.23. The van der Waals surface area contributed by atoms with Crippen LogP contribution in [0.4, 0.5) is 0 Å². The highest BCUT2D eigenvalue weighted by molar-refractivity contribution is 14.0. The molecular formula is C22H35IN6O. The van der Waals surface area contributed by atoms with Crippen LogP contribution in [0.15, 0.2) is 39.8 Å². The first kappa shape index (κ1) is 24.6. The maximum absolute atomic E-state index is 5.30. The Morgan fingerprint density at radius 1 is 1.30 bits per heavy atom. The summed E-state index contributed by atoms with van der Waals surface area (Å²) >= 11 is 0. The molecule has 1 aliphatic rings. The summed E-state index contributed by atoms with van der Waals surface area (Å²) in [6, 6.07) is 11.7. The van der Waals surface area contributed by atoms with Crippen LogP contribution in [-0.4, -0.2) is 53.2 Å². The van der Waals surface area contributed by atoms with E-state index in [0.29, 0.717) is 30.9 Å². The summed E-state index contributed by atoms with van der Waals surface area (Å²) in [5, 5.41) is 11.0. The molecule has 2 heterocycles. The maximum Gasteiger partial charge on any atom is 0.228 e. The van der Waals surface area contributed by atoms with Crippen molar-refractivity contribution in [1.82, 2.24) is 25.7 Å². The highest BCUT2D eigenvalue weighted by atomic mass is 127. The van der Waals surface area contributed by atoms with Crippen LogP contribution in [0.3, 0.4) is 0 Å². The summed E-state index contributed by atoms with van der Waals surface area (Å²) in [5.41, 5.74) is 1.38. The molecule has 30 heavy (non-hydrogen) atoms. The first-order valence-electron chi connectivity index (χ1n) is 10.6. The second kappa shape index (κ2) is 12.2. The van der Waals surface area contributed by atoms with Crippen LogP contribution in [0.1, 0.15) is 56.8 Å². The maximum atomic E-state index is 5.30. The lowest BCUT2D eigenvalue weighted by Gasteiger charge is -2.38. The van der Waals surface area contributed by atoms with Crippen molar-refractivity contribution < 1.29 is 4.52 Å². The molecule has 1 aliphatic heterocycles. The van der Waals surface area contributed by atoms with Gasteiger partial charge >= 0.3 is 0 Å². The van der Waals surface area contributed by atoms with Gasteiger partial charge in [-0.3, -0.25) is 9.89 Å². The molecule has 0 bridgehead atoms. The molecule has 1 saturated heterocycles. The number of nitrogens with one attached hydrogen (secondary N) is 2. The molecule has 2 atom stereocenters.